The van der Waals surface area contributed by atoms with Gasteiger partial charge in [0.25, 0.3) is 5.91 Å². The first kappa shape index (κ1) is 31.0. The Bertz CT molecular complexity index is 1190. The normalized spacial score (nSPS) is 30.1. The number of methoxy groups -OCH3 is 1. The van der Waals surface area contributed by atoms with Gasteiger partial charge in [-0.15, -0.1) is 0 Å². The van der Waals surface area contributed by atoms with Gasteiger partial charge in [0.2, 0.25) is 0 Å². The average molecular weight is 585 g/mol. The van der Waals surface area contributed by atoms with Gasteiger partial charge in [-0.25, -0.2) is 18.7 Å². The number of aromatic nitrogens is 2. The van der Waals surface area contributed by atoms with E-state index in [2.05, 4.69) is 27.1 Å². The van der Waals surface area contributed by atoms with Crippen LogP contribution in [0.1, 0.15) is 88.4 Å². The van der Waals surface area contributed by atoms with Crippen LogP contribution in [0.5, 0.6) is 0 Å². The third kappa shape index (κ3) is 7.34. The first-order valence-corrected chi connectivity index (χ1v) is 15.7. The van der Waals surface area contributed by atoms with Crippen molar-refractivity contribution in [3.63, 3.8) is 0 Å². The zero-order valence-corrected chi connectivity index (χ0v) is 25.2. The second kappa shape index (κ2) is 13.9. The molecule has 6 rings (SSSR count). The van der Waals surface area contributed by atoms with Crippen LogP contribution in [0.15, 0.2) is 30.5 Å². The Morgan fingerprint density at radius 1 is 1.02 bits per heavy atom. The van der Waals surface area contributed by atoms with Crippen molar-refractivity contribution in [1.29, 1.82) is 0 Å². The van der Waals surface area contributed by atoms with E-state index in [1.165, 1.54) is 6.20 Å². The molecule has 1 aromatic carbocycles. The summed E-state index contributed by atoms with van der Waals surface area (Å²) >= 11 is 0. The van der Waals surface area contributed by atoms with Crippen LogP contribution >= 0.6 is 0 Å². The van der Waals surface area contributed by atoms with E-state index < -0.39 is 17.4 Å². The molecular formula is C33H46F2N4O3. The number of benzene rings is 1. The molecule has 2 bridgehead atoms. The van der Waals surface area contributed by atoms with Gasteiger partial charge in [0.05, 0.1) is 26.0 Å². The zero-order valence-electron chi connectivity index (χ0n) is 25.2. The number of fused-ring (bicyclic) bond motifs is 4. The van der Waals surface area contributed by atoms with Crippen molar-refractivity contribution in [3.05, 3.63) is 47.7 Å². The van der Waals surface area contributed by atoms with Gasteiger partial charge in [-0.1, -0.05) is 30.7 Å². The van der Waals surface area contributed by atoms with Gasteiger partial charge in [-0.05, 0) is 89.3 Å². The Morgan fingerprint density at radius 2 is 1.76 bits per heavy atom. The maximum absolute atomic E-state index is 16.4. The van der Waals surface area contributed by atoms with Gasteiger partial charge >= 0.3 is 0 Å². The predicted octanol–water partition coefficient (Wildman–Crippen LogP) is 5.97. The highest BCUT2D eigenvalue weighted by atomic mass is 19.1. The van der Waals surface area contributed by atoms with Crippen molar-refractivity contribution in [1.82, 2.24) is 20.2 Å². The summed E-state index contributed by atoms with van der Waals surface area (Å²) in [6, 6.07) is 7.52. The topological polar surface area (TPSA) is 76.6 Å². The molecule has 3 saturated heterocycles. The number of hydrogen-bond donors (Lipinski definition) is 1. The lowest BCUT2D eigenvalue weighted by Crippen LogP contribution is -2.57. The van der Waals surface area contributed by atoms with Crippen LogP contribution in [-0.2, 0) is 20.9 Å². The number of carbonyl (C=O) groups excluding carboxylic acids is 1. The second-order valence-electron chi connectivity index (χ2n) is 12.7. The molecule has 1 aliphatic carbocycles. The molecule has 42 heavy (non-hydrogen) atoms. The summed E-state index contributed by atoms with van der Waals surface area (Å²) in [5, 5.41) is 3.22. The number of piperidine rings is 1. The number of nitrogens with one attached hydrogen (secondary N) is 1. The van der Waals surface area contributed by atoms with Crippen LogP contribution in [0, 0.1) is 11.7 Å². The number of alkyl halides is 1. The van der Waals surface area contributed by atoms with E-state index in [4.69, 9.17) is 9.47 Å². The average Bonchev–Trinajstić information content (AvgIpc) is 3.18. The van der Waals surface area contributed by atoms with Crippen molar-refractivity contribution in [3.8, 4) is 11.3 Å². The number of halogens is 2. The summed E-state index contributed by atoms with van der Waals surface area (Å²) in [5.41, 5.74) is -0.287. The molecule has 3 atom stereocenters. The van der Waals surface area contributed by atoms with Crippen molar-refractivity contribution < 1.29 is 23.0 Å². The Morgan fingerprint density at radius 3 is 2.52 bits per heavy atom. The standard InChI is InChI=1S/C33H46F2N4O3/c1-32(16-19-39-17-12-27(32)13-18-39)38-31(40)33(35)14-4-3-6-26(7-5-15-33)30-36-22-28(34)29(37-30)25-10-8-24(9-11-25)23-42-21-20-41-2/h8-11,22,26-27H,3-7,12-21,23H2,1-2H3,(H,38,40). The van der Waals surface area contributed by atoms with Gasteiger partial charge in [0.15, 0.2) is 11.5 Å². The number of carbonyl (C=O) groups is 1. The van der Waals surface area contributed by atoms with Crippen LogP contribution in [0.25, 0.3) is 11.3 Å². The van der Waals surface area contributed by atoms with Crippen molar-refractivity contribution in [2.45, 2.75) is 94.9 Å². The molecule has 4 heterocycles. The highest BCUT2D eigenvalue weighted by Gasteiger charge is 2.46. The molecule has 2 aromatic rings. The van der Waals surface area contributed by atoms with Crippen LogP contribution in [0.4, 0.5) is 8.78 Å². The molecule has 1 N–H and O–H groups in total. The molecule has 4 aliphatic rings. The lowest BCUT2D eigenvalue weighted by molar-refractivity contribution is -0.136. The molecule has 1 aromatic heterocycles. The minimum absolute atomic E-state index is 0.00735. The smallest absolute Gasteiger partial charge is 0.258 e. The number of amides is 1. The number of hydrogen-bond acceptors (Lipinski definition) is 6. The zero-order chi connectivity index (χ0) is 29.6. The largest absolute Gasteiger partial charge is 0.382 e. The van der Waals surface area contributed by atoms with Gasteiger partial charge < -0.3 is 19.7 Å². The van der Waals surface area contributed by atoms with Crippen LogP contribution in [0.3, 0.4) is 0 Å². The monoisotopic (exact) mass is 584 g/mol. The third-order valence-electron chi connectivity index (χ3n) is 9.80. The summed E-state index contributed by atoms with van der Waals surface area (Å²) < 4.78 is 41.8. The SMILES string of the molecule is COCCOCc1ccc(-c2nc(C3CCCCC(F)(C(=O)NC4(C)CCN5CCC4CC5)CCC3)ncc2F)cc1. The minimum Gasteiger partial charge on any atom is -0.382 e. The quantitative estimate of drug-likeness (QED) is 0.366. The fourth-order valence-electron chi connectivity index (χ4n) is 6.97. The number of nitrogens with zero attached hydrogens (tertiary/aromatic N) is 3. The predicted molar refractivity (Wildman–Crippen MR) is 158 cm³/mol. The maximum Gasteiger partial charge on any atom is 0.258 e. The van der Waals surface area contributed by atoms with E-state index in [0.29, 0.717) is 56.4 Å². The van der Waals surface area contributed by atoms with E-state index in [1.807, 2.05) is 24.3 Å². The molecule has 0 radical (unpaired) electrons. The molecular weight excluding hydrogens is 538 g/mol. The minimum atomic E-state index is -1.87. The van der Waals surface area contributed by atoms with Crippen molar-refractivity contribution in [2.24, 2.45) is 5.92 Å². The fourth-order valence-corrected chi connectivity index (χ4v) is 6.97. The van der Waals surface area contributed by atoms with Crippen LogP contribution < -0.4 is 5.32 Å². The van der Waals surface area contributed by atoms with Gasteiger partial charge in [0, 0.05) is 30.7 Å². The second-order valence-corrected chi connectivity index (χ2v) is 12.7. The number of rotatable bonds is 9. The first-order chi connectivity index (χ1) is 20.3. The van der Waals surface area contributed by atoms with E-state index in [1.54, 1.807) is 7.11 Å². The molecule has 3 aliphatic heterocycles. The summed E-state index contributed by atoms with van der Waals surface area (Å²) in [6.07, 6.45) is 8.05. The Balaban J connectivity index is 1.22. The number of ether oxygens (including phenoxy) is 2. The van der Waals surface area contributed by atoms with Gasteiger partial charge in [-0.3, -0.25) is 4.79 Å². The Kier molecular flexibility index (Phi) is 10.2. The molecule has 0 spiro atoms. The van der Waals surface area contributed by atoms with E-state index in [-0.39, 0.29) is 30.0 Å². The highest BCUT2D eigenvalue weighted by Crippen LogP contribution is 2.38. The summed E-state index contributed by atoms with van der Waals surface area (Å²) in [6.45, 7) is 6.72. The lowest BCUT2D eigenvalue weighted by atomic mass is 9.78. The van der Waals surface area contributed by atoms with Crippen molar-refractivity contribution >= 4 is 5.91 Å². The van der Waals surface area contributed by atoms with E-state index in [9.17, 15) is 9.18 Å². The van der Waals surface area contributed by atoms with Gasteiger partial charge in [0.1, 0.15) is 11.5 Å². The van der Waals surface area contributed by atoms with Crippen LogP contribution in [-0.4, -0.2) is 71.9 Å². The molecule has 9 heteroatoms. The Hall–Kier alpha value is -2.49. The summed E-state index contributed by atoms with van der Waals surface area (Å²) in [7, 11) is 1.63. The van der Waals surface area contributed by atoms with Crippen molar-refractivity contribution in [2.75, 3.05) is 40.0 Å². The first-order valence-electron chi connectivity index (χ1n) is 15.7. The maximum atomic E-state index is 16.4. The molecule has 1 amide bonds. The fraction of sp³-hybridized carbons (Fsp3) is 0.667. The Labute approximate surface area is 248 Å². The van der Waals surface area contributed by atoms with E-state index >= 15 is 4.39 Å². The summed E-state index contributed by atoms with van der Waals surface area (Å²) in [5.74, 6) is 0.0807. The van der Waals surface area contributed by atoms with Gasteiger partial charge in [-0.2, -0.15) is 0 Å². The molecule has 7 nitrogen and oxygen atoms in total. The lowest BCUT2D eigenvalue weighted by Gasteiger charge is -2.39. The molecule has 1 saturated carbocycles. The van der Waals surface area contributed by atoms with Crippen LogP contribution in [0.2, 0.25) is 0 Å². The highest BCUT2D eigenvalue weighted by molar-refractivity contribution is 5.85. The summed E-state index contributed by atoms with van der Waals surface area (Å²) in [4.78, 5) is 25.0. The molecule has 230 valence electrons. The molecule has 4 fully saturated rings. The third-order valence-corrected chi connectivity index (χ3v) is 9.80. The molecule has 3 unspecified atom stereocenters. The van der Waals surface area contributed by atoms with E-state index in [0.717, 1.165) is 57.3 Å².